The summed E-state index contributed by atoms with van der Waals surface area (Å²) >= 11 is 0. The van der Waals surface area contributed by atoms with Crippen LogP contribution in [0.25, 0.3) is 11.2 Å². The molecule has 0 amide bonds. The number of piperazine rings is 1. The van der Waals surface area contributed by atoms with Crippen LogP contribution in [0, 0.1) is 0 Å². The van der Waals surface area contributed by atoms with Crippen LogP contribution in [0.1, 0.15) is 0 Å². The number of rotatable bonds is 4. The van der Waals surface area contributed by atoms with E-state index in [2.05, 4.69) is 20.2 Å². The van der Waals surface area contributed by atoms with Crippen molar-refractivity contribution in [3.05, 3.63) is 20.8 Å². The molecule has 0 radical (unpaired) electrons. The quantitative estimate of drug-likeness (QED) is 0.712. The van der Waals surface area contributed by atoms with E-state index in [0.717, 1.165) is 30.7 Å². The summed E-state index contributed by atoms with van der Waals surface area (Å²) in [4.78, 5) is 34.2. The Hall–Kier alpha value is -2.13. The zero-order valence-corrected chi connectivity index (χ0v) is 12.8. The van der Waals surface area contributed by atoms with E-state index in [-0.39, 0.29) is 11.2 Å². The number of ether oxygens (including phenoxy) is 1. The highest BCUT2D eigenvalue weighted by Crippen LogP contribution is 2.14. The van der Waals surface area contributed by atoms with Gasteiger partial charge in [0, 0.05) is 40.3 Å². The van der Waals surface area contributed by atoms with Crippen LogP contribution in [0.2, 0.25) is 0 Å². The standard InChI is InChI=1S/C13H20N6O3/c1-17-11(20)9-10(19(13(17)21)7-8-22-2)16-12(15-9)18-5-3-14-4-6-18/h14H,3-8H2,1-2H3,(H,15,16). The molecule has 1 aliphatic heterocycles. The molecule has 0 spiro atoms. The second-order valence-corrected chi connectivity index (χ2v) is 5.29. The molecule has 1 aliphatic rings. The number of aromatic nitrogens is 4. The SMILES string of the molecule is COCCn1c(=O)n(C)c(=O)c2[nH]c(N3CCNCC3)nc21. The van der Waals surface area contributed by atoms with Gasteiger partial charge in [0.05, 0.1) is 13.2 Å². The van der Waals surface area contributed by atoms with Gasteiger partial charge in [-0.15, -0.1) is 0 Å². The molecule has 0 aromatic carbocycles. The van der Waals surface area contributed by atoms with Crippen LogP contribution in [0.5, 0.6) is 0 Å². The molecule has 0 atom stereocenters. The highest BCUT2D eigenvalue weighted by Gasteiger charge is 2.19. The minimum absolute atomic E-state index is 0.353. The van der Waals surface area contributed by atoms with Crippen LogP contribution in [0.3, 0.4) is 0 Å². The summed E-state index contributed by atoms with van der Waals surface area (Å²) in [5.74, 6) is 0.630. The van der Waals surface area contributed by atoms with Crippen molar-refractivity contribution in [2.45, 2.75) is 6.54 Å². The predicted octanol–water partition coefficient (Wildman–Crippen LogP) is -1.52. The van der Waals surface area contributed by atoms with Crippen molar-refractivity contribution >= 4 is 17.1 Å². The first-order chi connectivity index (χ1) is 10.6. The molecule has 0 bridgehead atoms. The molecule has 22 heavy (non-hydrogen) atoms. The van der Waals surface area contributed by atoms with Crippen molar-refractivity contribution < 1.29 is 4.74 Å². The topological polar surface area (TPSA) is 97.2 Å². The molecular formula is C13H20N6O3. The highest BCUT2D eigenvalue weighted by atomic mass is 16.5. The van der Waals surface area contributed by atoms with Crippen molar-refractivity contribution in [3.8, 4) is 0 Å². The second kappa shape index (κ2) is 5.93. The summed E-state index contributed by atoms with van der Waals surface area (Å²) in [6, 6.07) is 0. The lowest BCUT2D eigenvalue weighted by Crippen LogP contribution is -2.44. The lowest BCUT2D eigenvalue weighted by atomic mass is 10.4. The minimum atomic E-state index is -0.382. The molecule has 0 aliphatic carbocycles. The molecule has 2 aromatic heterocycles. The Kier molecular flexibility index (Phi) is 3.99. The Morgan fingerprint density at radius 1 is 1.27 bits per heavy atom. The van der Waals surface area contributed by atoms with Crippen LogP contribution in [-0.2, 0) is 18.3 Å². The maximum atomic E-state index is 12.3. The molecular weight excluding hydrogens is 288 g/mol. The highest BCUT2D eigenvalue weighted by molar-refractivity contribution is 5.73. The number of methoxy groups -OCH3 is 1. The van der Waals surface area contributed by atoms with Crippen molar-refractivity contribution in [2.24, 2.45) is 7.05 Å². The van der Waals surface area contributed by atoms with E-state index in [1.165, 1.54) is 11.6 Å². The third-order valence-electron chi connectivity index (χ3n) is 3.90. The zero-order chi connectivity index (χ0) is 15.7. The number of aromatic amines is 1. The van der Waals surface area contributed by atoms with Gasteiger partial charge >= 0.3 is 5.69 Å². The number of H-pyrrole nitrogens is 1. The third-order valence-corrected chi connectivity index (χ3v) is 3.90. The number of hydrogen-bond donors (Lipinski definition) is 2. The average molecular weight is 308 g/mol. The van der Waals surface area contributed by atoms with E-state index in [9.17, 15) is 9.59 Å². The summed E-state index contributed by atoms with van der Waals surface area (Å²) in [6.07, 6.45) is 0. The van der Waals surface area contributed by atoms with Crippen molar-refractivity contribution in [2.75, 3.05) is 44.8 Å². The maximum absolute atomic E-state index is 12.3. The van der Waals surface area contributed by atoms with Crippen molar-refractivity contribution in [1.82, 2.24) is 24.4 Å². The fourth-order valence-corrected chi connectivity index (χ4v) is 2.63. The maximum Gasteiger partial charge on any atom is 0.332 e. The number of nitrogens with zero attached hydrogens (tertiary/aromatic N) is 4. The van der Waals surface area contributed by atoms with Gasteiger partial charge in [0.15, 0.2) is 11.2 Å². The van der Waals surface area contributed by atoms with Crippen LogP contribution in [0.4, 0.5) is 5.95 Å². The molecule has 3 heterocycles. The zero-order valence-electron chi connectivity index (χ0n) is 12.8. The van der Waals surface area contributed by atoms with Crippen LogP contribution in [0.15, 0.2) is 9.59 Å². The summed E-state index contributed by atoms with van der Waals surface area (Å²) < 4.78 is 7.61. The predicted molar refractivity (Wildman–Crippen MR) is 82.6 cm³/mol. The minimum Gasteiger partial charge on any atom is -0.383 e. The molecule has 9 heteroatoms. The van der Waals surface area contributed by atoms with E-state index >= 15 is 0 Å². The summed E-state index contributed by atoms with van der Waals surface area (Å²) in [7, 11) is 3.04. The lowest BCUT2D eigenvalue weighted by Gasteiger charge is -2.26. The molecule has 2 N–H and O–H groups in total. The van der Waals surface area contributed by atoms with Gasteiger partial charge in [-0.2, -0.15) is 4.98 Å². The fourth-order valence-electron chi connectivity index (χ4n) is 2.63. The van der Waals surface area contributed by atoms with Crippen LogP contribution < -0.4 is 21.5 Å². The Morgan fingerprint density at radius 2 is 2.00 bits per heavy atom. The average Bonchev–Trinajstić information content (AvgIpc) is 2.99. The summed E-state index contributed by atoms with van der Waals surface area (Å²) in [5.41, 5.74) is 0.000815. The van der Waals surface area contributed by atoms with Crippen LogP contribution >= 0.6 is 0 Å². The molecule has 1 saturated heterocycles. The van der Waals surface area contributed by atoms with E-state index in [1.54, 1.807) is 7.11 Å². The second-order valence-electron chi connectivity index (χ2n) is 5.29. The largest absolute Gasteiger partial charge is 0.383 e. The Balaban J connectivity index is 2.14. The van der Waals surface area contributed by atoms with Crippen LogP contribution in [-0.4, -0.2) is 59.0 Å². The van der Waals surface area contributed by atoms with E-state index in [4.69, 9.17) is 4.74 Å². The first-order valence-electron chi connectivity index (χ1n) is 7.27. The van der Waals surface area contributed by atoms with Gasteiger partial charge in [0.25, 0.3) is 5.56 Å². The molecule has 0 unspecified atom stereocenters. The number of fused-ring (bicyclic) bond motifs is 1. The van der Waals surface area contributed by atoms with Gasteiger partial charge in [0.2, 0.25) is 5.95 Å². The molecule has 0 saturated carbocycles. The molecule has 9 nitrogen and oxygen atoms in total. The van der Waals surface area contributed by atoms with Gasteiger partial charge in [0.1, 0.15) is 0 Å². The molecule has 1 fully saturated rings. The van der Waals surface area contributed by atoms with Gasteiger partial charge in [-0.3, -0.25) is 13.9 Å². The number of anilines is 1. The van der Waals surface area contributed by atoms with Gasteiger partial charge in [-0.25, -0.2) is 4.79 Å². The fraction of sp³-hybridized carbons (Fsp3) is 0.615. The number of imidazole rings is 1. The normalized spacial score (nSPS) is 15.6. The lowest BCUT2D eigenvalue weighted by molar-refractivity contribution is 0.186. The van der Waals surface area contributed by atoms with Crippen molar-refractivity contribution in [3.63, 3.8) is 0 Å². The summed E-state index contributed by atoms with van der Waals surface area (Å²) in [6.45, 7) is 4.08. The third kappa shape index (κ3) is 2.42. The van der Waals surface area contributed by atoms with E-state index in [1.807, 2.05) is 0 Å². The first-order valence-corrected chi connectivity index (χ1v) is 7.27. The smallest absolute Gasteiger partial charge is 0.332 e. The molecule has 3 rings (SSSR count). The molecule has 2 aromatic rings. The van der Waals surface area contributed by atoms with E-state index in [0.29, 0.717) is 30.3 Å². The van der Waals surface area contributed by atoms with E-state index < -0.39 is 0 Å². The Morgan fingerprint density at radius 3 is 2.68 bits per heavy atom. The summed E-state index contributed by atoms with van der Waals surface area (Å²) in [5, 5.41) is 3.27. The number of hydrogen-bond acceptors (Lipinski definition) is 6. The Bertz CT molecular complexity index is 783. The Labute approximate surface area is 126 Å². The monoisotopic (exact) mass is 308 g/mol. The number of nitrogens with one attached hydrogen (secondary N) is 2. The first kappa shape index (κ1) is 14.8. The molecule has 120 valence electrons. The van der Waals surface area contributed by atoms with Gasteiger partial charge in [-0.1, -0.05) is 0 Å². The van der Waals surface area contributed by atoms with Gasteiger partial charge < -0.3 is 19.9 Å². The van der Waals surface area contributed by atoms with Crippen molar-refractivity contribution in [1.29, 1.82) is 0 Å². The van der Waals surface area contributed by atoms with Gasteiger partial charge in [-0.05, 0) is 0 Å².